The number of hydrazine groups is 1. The lowest BCUT2D eigenvalue weighted by Crippen LogP contribution is -2.43. The van der Waals surface area contributed by atoms with Crippen LogP contribution < -0.4 is 16.3 Å². The van der Waals surface area contributed by atoms with Gasteiger partial charge in [0.25, 0.3) is 11.8 Å². The maximum atomic E-state index is 12.8. The van der Waals surface area contributed by atoms with E-state index in [1.807, 2.05) is 0 Å². The Morgan fingerprint density at radius 1 is 1.00 bits per heavy atom. The Morgan fingerprint density at radius 2 is 1.68 bits per heavy atom. The molecular weight excluding hydrogens is 349 g/mol. The second kappa shape index (κ2) is 6.74. The third-order valence-corrected chi connectivity index (χ3v) is 3.72. The Labute approximate surface area is 145 Å². The standard InChI is InChI=1S/C17H11ClFN3O3/c18-10-3-6-14-12(7-10)15(23)13(8-20-14)17(25)22-21-16(24)9-1-4-11(19)5-2-9/h1-8H,(H,20,23)(H,21,24)(H,22,25). The van der Waals surface area contributed by atoms with E-state index in [0.29, 0.717) is 10.5 Å². The molecule has 0 spiro atoms. The molecule has 3 N–H and O–H groups in total. The van der Waals surface area contributed by atoms with E-state index in [0.717, 1.165) is 12.1 Å². The number of aromatic nitrogens is 1. The third kappa shape index (κ3) is 3.51. The molecule has 0 saturated carbocycles. The molecule has 0 unspecified atom stereocenters. The molecular formula is C17H11ClFN3O3. The minimum Gasteiger partial charge on any atom is -0.360 e. The number of aromatic amines is 1. The zero-order chi connectivity index (χ0) is 18.0. The number of carbonyl (C=O) groups is 2. The molecule has 3 aromatic rings. The molecule has 2 aromatic carbocycles. The Hall–Kier alpha value is -3.19. The minimum absolute atomic E-state index is 0.154. The summed E-state index contributed by atoms with van der Waals surface area (Å²) < 4.78 is 12.8. The van der Waals surface area contributed by atoms with Crippen LogP contribution in [-0.4, -0.2) is 16.8 Å². The van der Waals surface area contributed by atoms with E-state index in [1.54, 1.807) is 12.1 Å². The van der Waals surface area contributed by atoms with Crippen LogP contribution in [0.3, 0.4) is 0 Å². The first-order valence-electron chi connectivity index (χ1n) is 7.13. The smallest absolute Gasteiger partial charge is 0.275 e. The molecule has 0 aliphatic carbocycles. The van der Waals surface area contributed by atoms with Gasteiger partial charge in [-0.2, -0.15) is 0 Å². The van der Waals surface area contributed by atoms with Gasteiger partial charge in [-0.1, -0.05) is 11.6 Å². The molecule has 0 radical (unpaired) electrons. The van der Waals surface area contributed by atoms with E-state index in [1.165, 1.54) is 24.4 Å². The molecule has 25 heavy (non-hydrogen) atoms. The molecule has 0 aliphatic rings. The summed E-state index contributed by atoms with van der Waals surface area (Å²) in [5, 5.41) is 0.616. The number of benzene rings is 2. The van der Waals surface area contributed by atoms with Gasteiger partial charge in [-0.15, -0.1) is 0 Å². The summed E-state index contributed by atoms with van der Waals surface area (Å²) in [6, 6.07) is 9.45. The molecule has 0 atom stereocenters. The van der Waals surface area contributed by atoms with Crippen molar-refractivity contribution in [2.75, 3.05) is 0 Å². The normalized spacial score (nSPS) is 10.5. The minimum atomic E-state index is -0.793. The van der Waals surface area contributed by atoms with Crippen molar-refractivity contribution in [2.24, 2.45) is 0 Å². The van der Waals surface area contributed by atoms with Gasteiger partial charge in [-0.25, -0.2) is 4.39 Å². The van der Waals surface area contributed by atoms with Crippen LogP contribution in [0.1, 0.15) is 20.7 Å². The number of hydrogen-bond acceptors (Lipinski definition) is 3. The second-order valence-electron chi connectivity index (χ2n) is 5.14. The topological polar surface area (TPSA) is 91.1 Å². The zero-order valence-electron chi connectivity index (χ0n) is 12.6. The highest BCUT2D eigenvalue weighted by molar-refractivity contribution is 6.31. The number of nitrogens with one attached hydrogen (secondary N) is 3. The van der Waals surface area contributed by atoms with Crippen molar-refractivity contribution in [2.45, 2.75) is 0 Å². The van der Waals surface area contributed by atoms with Crippen molar-refractivity contribution < 1.29 is 14.0 Å². The number of carbonyl (C=O) groups excluding carboxylic acids is 2. The van der Waals surface area contributed by atoms with E-state index in [-0.39, 0.29) is 16.5 Å². The summed E-state index contributed by atoms with van der Waals surface area (Å²) in [7, 11) is 0. The van der Waals surface area contributed by atoms with Gasteiger partial charge in [0.05, 0.1) is 0 Å². The summed E-state index contributed by atoms with van der Waals surface area (Å²) in [6.07, 6.45) is 1.25. The fourth-order valence-corrected chi connectivity index (χ4v) is 2.39. The van der Waals surface area contributed by atoms with E-state index >= 15 is 0 Å². The zero-order valence-corrected chi connectivity index (χ0v) is 13.4. The van der Waals surface area contributed by atoms with E-state index in [2.05, 4.69) is 15.8 Å². The average molecular weight is 360 g/mol. The van der Waals surface area contributed by atoms with Gasteiger partial charge in [0.1, 0.15) is 11.4 Å². The van der Waals surface area contributed by atoms with Crippen molar-refractivity contribution in [3.8, 4) is 0 Å². The van der Waals surface area contributed by atoms with Crippen LogP contribution in [0.25, 0.3) is 10.9 Å². The van der Waals surface area contributed by atoms with Gasteiger partial charge >= 0.3 is 0 Å². The Kier molecular flexibility index (Phi) is 4.49. The molecule has 0 aliphatic heterocycles. The second-order valence-corrected chi connectivity index (χ2v) is 5.57. The van der Waals surface area contributed by atoms with Crippen molar-refractivity contribution >= 4 is 34.3 Å². The third-order valence-electron chi connectivity index (χ3n) is 3.48. The predicted octanol–water partition coefficient (Wildman–Crippen LogP) is 2.40. The largest absolute Gasteiger partial charge is 0.360 e. The van der Waals surface area contributed by atoms with Crippen LogP contribution in [0, 0.1) is 5.82 Å². The van der Waals surface area contributed by atoms with Crippen LogP contribution in [0.2, 0.25) is 5.02 Å². The first kappa shape index (κ1) is 16.7. The quantitative estimate of drug-likeness (QED) is 0.613. The molecule has 126 valence electrons. The van der Waals surface area contributed by atoms with E-state index in [9.17, 15) is 18.8 Å². The van der Waals surface area contributed by atoms with E-state index in [4.69, 9.17) is 11.6 Å². The molecule has 0 saturated heterocycles. The van der Waals surface area contributed by atoms with Crippen LogP contribution >= 0.6 is 11.6 Å². The maximum absolute atomic E-state index is 12.8. The van der Waals surface area contributed by atoms with Crippen LogP contribution in [-0.2, 0) is 0 Å². The summed E-state index contributed by atoms with van der Waals surface area (Å²) in [5.74, 6) is -1.92. The van der Waals surface area contributed by atoms with Crippen molar-refractivity contribution in [1.29, 1.82) is 0 Å². The lowest BCUT2D eigenvalue weighted by Gasteiger charge is -2.08. The number of hydrogen-bond donors (Lipinski definition) is 3. The molecule has 2 amide bonds. The highest BCUT2D eigenvalue weighted by Crippen LogP contribution is 2.15. The van der Waals surface area contributed by atoms with Crippen LogP contribution in [0.4, 0.5) is 4.39 Å². The number of fused-ring (bicyclic) bond motifs is 1. The van der Waals surface area contributed by atoms with Crippen molar-refractivity contribution in [1.82, 2.24) is 15.8 Å². The maximum Gasteiger partial charge on any atom is 0.275 e. The highest BCUT2D eigenvalue weighted by Gasteiger charge is 2.14. The average Bonchev–Trinajstić information content (AvgIpc) is 2.61. The van der Waals surface area contributed by atoms with Gasteiger partial charge in [-0.05, 0) is 42.5 Å². The first-order chi connectivity index (χ1) is 12.0. The monoisotopic (exact) mass is 359 g/mol. The number of rotatable bonds is 2. The molecule has 1 aromatic heterocycles. The summed E-state index contributed by atoms with van der Waals surface area (Å²) in [5.41, 5.74) is 4.28. The van der Waals surface area contributed by atoms with Gasteiger partial charge in [0.2, 0.25) is 5.43 Å². The fourth-order valence-electron chi connectivity index (χ4n) is 2.21. The molecule has 3 rings (SSSR count). The molecule has 8 heteroatoms. The van der Waals surface area contributed by atoms with Gasteiger partial charge < -0.3 is 4.98 Å². The van der Waals surface area contributed by atoms with Gasteiger partial charge in [0.15, 0.2) is 0 Å². The summed E-state index contributed by atoms with van der Waals surface area (Å²) in [6.45, 7) is 0. The van der Waals surface area contributed by atoms with Gasteiger partial charge in [0, 0.05) is 27.7 Å². The number of amides is 2. The molecule has 1 heterocycles. The predicted molar refractivity (Wildman–Crippen MR) is 90.9 cm³/mol. The lowest BCUT2D eigenvalue weighted by molar-refractivity contribution is 0.0846. The SMILES string of the molecule is O=C(NNC(=O)c1c[nH]c2ccc(Cl)cc2c1=O)c1ccc(F)cc1. The summed E-state index contributed by atoms with van der Waals surface area (Å²) in [4.78, 5) is 39.2. The van der Waals surface area contributed by atoms with E-state index < -0.39 is 23.1 Å². The number of H-pyrrole nitrogens is 1. The number of pyridine rings is 1. The molecule has 0 fully saturated rings. The fraction of sp³-hybridized carbons (Fsp3) is 0. The molecule has 6 nitrogen and oxygen atoms in total. The van der Waals surface area contributed by atoms with Gasteiger partial charge in [-0.3, -0.25) is 25.2 Å². The lowest BCUT2D eigenvalue weighted by atomic mass is 10.1. The summed E-state index contributed by atoms with van der Waals surface area (Å²) >= 11 is 5.87. The Morgan fingerprint density at radius 3 is 2.40 bits per heavy atom. The first-order valence-corrected chi connectivity index (χ1v) is 7.51. The van der Waals surface area contributed by atoms with Crippen molar-refractivity contribution in [3.63, 3.8) is 0 Å². The molecule has 0 bridgehead atoms. The number of halogens is 2. The van der Waals surface area contributed by atoms with Crippen LogP contribution in [0.15, 0.2) is 53.5 Å². The van der Waals surface area contributed by atoms with Crippen LogP contribution in [0.5, 0.6) is 0 Å². The van der Waals surface area contributed by atoms with Crippen molar-refractivity contribution in [3.05, 3.63) is 80.9 Å². The Bertz CT molecular complexity index is 1030. The highest BCUT2D eigenvalue weighted by atomic mass is 35.5. The Balaban J connectivity index is 1.78.